The summed E-state index contributed by atoms with van der Waals surface area (Å²) in [4.78, 5) is 0. The Hall–Kier alpha value is -1.04. The Kier molecular flexibility index (Phi) is 35.3. The maximum atomic E-state index is 2.48. The average Bonchev–Trinajstić information content (AvgIpc) is 2.99. The van der Waals surface area contributed by atoms with E-state index in [-0.39, 0.29) is 0 Å². The van der Waals surface area contributed by atoms with Gasteiger partial charge in [-0.05, 0) is 102 Å². The summed E-state index contributed by atoms with van der Waals surface area (Å²) in [5.41, 5.74) is 0. The van der Waals surface area contributed by atoms with Crippen molar-refractivity contribution < 1.29 is 0 Å². The van der Waals surface area contributed by atoms with E-state index < -0.39 is 0 Å². The molecule has 0 nitrogen and oxygen atoms in total. The SMILES string of the molecule is CC/C=C/CCCCCCCCCCC/C=C/CCC(CC/C=C/CCCCCCCCCCC/C=C/CC)C(C)C. The van der Waals surface area contributed by atoms with E-state index in [2.05, 4.69) is 76.3 Å². The number of rotatable bonds is 33. The second-order valence-electron chi connectivity index (χ2n) is 13.4. The van der Waals surface area contributed by atoms with Gasteiger partial charge in [-0.15, -0.1) is 0 Å². The van der Waals surface area contributed by atoms with E-state index in [0.717, 1.165) is 11.8 Å². The number of unbranched alkanes of at least 4 members (excludes halogenated alkanes) is 20. The lowest BCUT2D eigenvalue weighted by Crippen LogP contribution is -2.08. The second-order valence-corrected chi connectivity index (χ2v) is 13.4. The van der Waals surface area contributed by atoms with Crippen molar-refractivity contribution in [2.24, 2.45) is 11.8 Å². The molecule has 0 fully saturated rings. The Morgan fingerprint density at radius 3 is 0.810 bits per heavy atom. The van der Waals surface area contributed by atoms with E-state index in [9.17, 15) is 0 Å². The molecule has 0 aliphatic heterocycles. The van der Waals surface area contributed by atoms with Gasteiger partial charge in [0.1, 0.15) is 0 Å². The van der Waals surface area contributed by atoms with Crippen LogP contribution in [-0.2, 0) is 0 Å². The van der Waals surface area contributed by atoms with E-state index in [1.807, 2.05) is 0 Å². The first-order valence-electron chi connectivity index (χ1n) is 19.3. The van der Waals surface area contributed by atoms with Gasteiger partial charge in [-0.2, -0.15) is 0 Å². The first kappa shape index (κ1) is 41.0. The van der Waals surface area contributed by atoms with E-state index in [1.54, 1.807) is 0 Å². The maximum Gasteiger partial charge on any atom is -0.0348 e. The Balaban J connectivity index is 3.53. The van der Waals surface area contributed by atoms with Crippen LogP contribution in [-0.4, -0.2) is 0 Å². The Bertz CT molecular complexity index is 554. The lowest BCUT2D eigenvalue weighted by atomic mass is 9.87. The molecular weight excluding hydrogens is 504 g/mol. The van der Waals surface area contributed by atoms with Crippen LogP contribution in [0.4, 0.5) is 0 Å². The van der Waals surface area contributed by atoms with E-state index >= 15 is 0 Å². The quantitative estimate of drug-likeness (QED) is 0.0533. The highest BCUT2D eigenvalue weighted by molar-refractivity contribution is 4.85. The predicted octanol–water partition coefficient (Wildman–Crippen LogP) is 15.4. The monoisotopic (exact) mass is 583 g/mol. The van der Waals surface area contributed by atoms with Gasteiger partial charge in [0.15, 0.2) is 0 Å². The lowest BCUT2D eigenvalue weighted by Gasteiger charge is -2.19. The fourth-order valence-electron chi connectivity index (χ4n) is 6.00. The van der Waals surface area contributed by atoms with Crippen LogP contribution in [0.1, 0.15) is 207 Å². The zero-order valence-corrected chi connectivity index (χ0v) is 29.6. The molecule has 0 aromatic carbocycles. The number of hydrogen-bond donors (Lipinski definition) is 0. The van der Waals surface area contributed by atoms with Gasteiger partial charge in [-0.3, -0.25) is 0 Å². The highest BCUT2D eigenvalue weighted by atomic mass is 14.2. The number of hydrogen-bond acceptors (Lipinski definition) is 0. The van der Waals surface area contributed by atoms with Crippen LogP contribution < -0.4 is 0 Å². The zero-order chi connectivity index (χ0) is 30.6. The van der Waals surface area contributed by atoms with Crippen LogP contribution in [0.3, 0.4) is 0 Å². The molecule has 0 bridgehead atoms. The van der Waals surface area contributed by atoms with Crippen molar-refractivity contribution in [3.63, 3.8) is 0 Å². The summed E-state index contributed by atoms with van der Waals surface area (Å²) < 4.78 is 0. The molecule has 0 aliphatic rings. The Morgan fingerprint density at radius 2 is 0.548 bits per heavy atom. The normalized spacial score (nSPS) is 12.6. The van der Waals surface area contributed by atoms with Crippen molar-refractivity contribution in [2.75, 3.05) is 0 Å². The van der Waals surface area contributed by atoms with E-state index in [4.69, 9.17) is 0 Å². The fraction of sp³-hybridized carbons (Fsp3) is 0.810. The third-order valence-corrected chi connectivity index (χ3v) is 8.97. The maximum absolute atomic E-state index is 2.48. The summed E-state index contributed by atoms with van der Waals surface area (Å²) in [5.74, 6) is 1.68. The first-order valence-corrected chi connectivity index (χ1v) is 19.3. The summed E-state index contributed by atoms with van der Waals surface area (Å²) >= 11 is 0. The van der Waals surface area contributed by atoms with Crippen molar-refractivity contribution in [3.05, 3.63) is 48.6 Å². The highest BCUT2D eigenvalue weighted by Gasteiger charge is 2.11. The van der Waals surface area contributed by atoms with E-state index in [1.165, 1.54) is 180 Å². The first-order chi connectivity index (χ1) is 20.7. The molecule has 0 unspecified atom stereocenters. The number of allylic oxidation sites excluding steroid dienone is 8. The topological polar surface area (TPSA) is 0 Å². The highest BCUT2D eigenvalue weighted by Crippen LogP contribution is 2.23. The third kappa shape index (κ3) is 33.5. The molecule has 0 amide bonds. The van der Waals surface area contributed by atoms with Gasteiger partial charge >= 0.3 is 0 Å². The summed E-state index contributed by atoms with van der Waals surface area (Å²) in [6.45, 7) is 9.29. The third-order valence-electron chi connectivity index (χ3n) is 8.97. The molecule has 0 aliphatic carbocycles. The molecule has 0 saturated heterocycles. The molecular formula is C42H78. The summed E-state index contributed by atoms with van der Waals surface area (Å²) in [5, 5.41) is 0. The zero-order valence-electron chi connectivity index (χ0n) is 29.6. The van der Waals surface area contributed by atoms with E-state index in [0.29, 0.717) is 0 Å². The molecule has 0 heteroatoms. The molecule has 0 N–H and O–H groups in total. The standard InChI is InChI=1S/C42H78/c1-5-7-9-11-13-15-17-19-21-23-25-27-29-31-33-35-37-39-42(41(3)4)40-38-36-34-32-30-28-26-24-22-20-18-16-14-12-10-8-6-2/h7-10,33-36,41-42H,5-6,11-32,37-40H2,1-4H3/b9-7+,10-8+,35-33+,36-34+. The predicted molar refractivity (Wildman–Crippen MR) is 196 cm³/mol. The fourth-order valence-corrected chi connectivity index (χ4v) is 6.00. The molecule has 0 saturated carbocycles. The Morgan fingerprint density at radius 1 is 0.310 bits per heavy atom. The molecule has 0 radical (unpaired) electrons. The van der Waals surface area contributed by atoms with Crippen LogP contribution in [0.5, 0.6) is 0 Å². The van der Waals surface area contributed by atoms with Crippen LogP contribution in [0.2, 0.25) is 0 Å². The van der Waals surface area contributed by atoms with Crippen LogP contribution in [0.25, 0.3) is 0 Å². The smallest absolute Gasteiger partial charge is 0.0348 e. The molecule has 42 heavy (non-hydrogen) atoms. The molecule has 0 aromatic heterocycles. The van der Waals surface area contributed by atoms with Gasteiger partial charge in [0.25, 0.3) is 0 Å². The van der Waals surface area contributed by atoms with Crippen molar-refractivity contribution in [2.45, 2.75) is 207 Å². The molecule has 246 valence electrons. The molecule has 0 rings (SSSR count). The summed E-state index contributed by atoms with van der Waals surface area (Å²) in [7, 11) is 0. The minimum atomic E-state index is 0.808. The van der Waals surface area contributed by atoms with Gasteiger partial charge in [0.2, 0.25) is 0 Å². The Labute approximate surface area is 267 Å². The van der Waals surface area contributed by atoms with Crippen molar-refractivity contribution in [1.29, 1.82) is 0 Å². The van der Waals surface area contributed by atoms with Gasteiger partial charge in [-0.25, -0.2) is 0 Å². The van der Waals surface area contributed by atoms with Crippen molar-refractivity contribution >= 4 is 0 Å². The molecule has 0 heterocycles. The van der Waals surface area contributed by atoms with Crippen LogP contribution in [0.15, 0.2) is 48.6 Å². The summed E-state index contributed by atoms with van der Waals surface area (Å²) in [6, 6.07) is 0. The largest absolute Gasteiger partial charge is 0.0888 e. The van der Waals surface area contributed by atoms with Gasteiger partial charge in [0, 0.05) is 0 Å². The summed E-state index contributed by atoms with van der Waals surface area (Å²) in [6.07, 6.45) is 57.7. The molecule has 0 atom stereocenters. The van der Waals surface area contributed by atoms with Crippen molar-refractivity contribution in [3.8, 4) is 0 Å². The second kappa shape index (κ2) is 36.2. The van der Waals surface area contributed by atoms with Crippen LogP contribution in [0, 0.1) is 11.8 Å². The molecule has 0 aromatic rings. The minimum absolute atomic E-state index is 0.808. The van der Waals surface area contributed by atoms with Gasteiger partial charge in [-0.1, -0.05) is 166 Å². The van der Waals surface area contributed by atoms with Crippen LogP contribution >= 0.6 is 0 Å². The average molecular weight is 583 g/mol. The minimum Gasteiger partial charge on any atom is -0.0888 e. The van der Waals surface area contributed by atoms with Crippen molar-refractivity contribution in [1.82, 2.24) is 0 Å². The lowest BCUT2D eigenvalue weighted by molar-refractivity contribution is 0.341. The molecule has 0 spiro atoms. The van der Waals surface area contributed by atoms with Gasteiger partial charge in [0.05, 0.1) is 0 Å². The van der Waals surface area contributed by atoms with Gasteiger partial charge < -0.3 is 0 Å².